The lowest BCUT2D eigenvalue weighted by molar-refractivity contribution is 0.144. The van der Waals surface area contributed by atoms with Gasteiger partial charge in [0.2, 0.25) is 0 Å². The summed E-state index contributed by atoms with van der Waals surface area (Å²) in [5, 5.41) is 8.63. The summed E-state index contributed by atoms with van der Waals surface area (Å²) in [5.41, 5.74) is 0. The Morgan fingerprint density at radius 3 is 0.933 bits per heavy atom. The maximum Gasteiger partial charge on any atom is 0.0917 e. The van der Waals surface area contributed by atoms with Gasteiger partial charge in [0.25, 0.3) is 0 Å². The van der Waals surface area contributed by atoms with Crippen molar-refractivity contribution in [2.75, 3.05) is 12.6 Å². The molecule has 1 unspecified atom stereocenters. The molecule has 0 aromatic rings. The summed E-state index contributed by atoms with van der Waals surface area (Å²) in [7, 11) is 0. The number of alkyl halides is 2. The van der Waals surface area contributed by atoms with Crippen LogP contribution in [0.25, 0.3) is 0 Å². The number of allylic oxidation sites excluding steroid dienone is 1. The van der Waals surface area contributed by atoms with Crippen molar-refractivity contribution < 1.29 is 9.50 Å². The minimum atomic E-state index is -0.194. The van der Waals surface area contributed by atoms with Crippen LogP contribution in [0, 0.1) is 35.5 Å². The van der Waals surface area contributed by atoms with Crippen molar-refractivity contribution in [3.8, 4) is 0 Å². The fraction of sp³-hybridized carbons (Fsp3) is 0.926. The van der Waals surface area contributed by atoms with Crippen molar-refractivity contribution in [1.29, 1.82) is 0 Å². The molecule has 0 radical (unpaired) electrons. The van der Waals surface area contributed by atoms with Gasteiger partial charge in [0.15, 0.2) is 0 Å². The Labute approximate surface area is 198 Å². The zero-order valence-electron chi connectivity index (χ0n) is 23.7. The number of aliphatic hydroxyl groups excluding tert-OH is 1. The van der Waals surface area contributed by atoms with E-state index in [2.05, 4.69) is 75.8 Å². The molecule has 0 aromatic carbocycles. The van der Waals surface area contributed by atoms with E-state index in [1.54, 1.807) is 6.92 Å². The summed E-state index contributed by atoms with van der Waals surface area (Å²) in [5.74, 6) is 4.42. The molecule has 0 aromatic heterocycles. The Bertz CT molecular complexity index is 232. The Kier molecular flexibility index (Phi) is 52.9. The van der Waals surface area contributed by atoms with Crippen LogP contribution in [0.5, 0.6) is 0 Å². The van der Waals surface area contributed by atoms with E-state index in [1.165, 1.54) is 6.42 Å². The third-order valence-corrected chi connectivity index (χ3v) is 3.49. The van der Waals surface area contributed by atoms with Gasteiger partial charge >= 0.3 is 0 Å². The second-order valence-electron chi connectivity index (χ2n) is 10.1. The molecule has 190 valence electrons. The van der Waals surface area contributed by atoms with E-state index in [-0.39, 0.29) is 18.7 Å². The maximum absolute atomic E-state index is 11.1. The second kappa shape index (κ2) is 36.3. The van der Waals surface area contributed by atoms with Crippen LogP contribution >= 0.6 is 11.6 Å². The molecule has 0 saturated heterocycles. The van der Waals surface area contributed by atoms with Crippen LogP contribution in [0.2, 0.25) is 0 Å². The SMILES string of the molecule is C=CC(C)C.CC(C)C.CC(C)C(C)O.CC(C)CCl.CC(C)CF.CCC(C)C. The first-order valence-electron chi connectivity index (χ1n) is 11.9. The van der Waals surface area contributed by atoms with Gasteiger partial charge in [-0.25, -0.2) is 0 Å². The highest BCUT2D eigenvalue weighted by Gasteiger charge is 1.97. The third kappa shape index (κ3) is 142. The van der Waals surface area contributed by atoms with Gasteiger partial charge < -0.3 is 5.11 Å². The van der Waals surface area contributed by atoms with E-state index in [0.717, 1.165) is 17.7 Å². The van der Waals surface area contributed by atoms with Crippen molar-refractivity contribution in [3.05, 3.63) is 12.7 Å². The lowest BCUT2D eigenvalue weighted by atomic mass is 10.1. The maximum atomic E-state index is 11.1. The average molecular weight is 457 g/mol. The van der Waals surface area contributed by atoms with E-state index >= 15 is 0 Å². The molecule has 0 aliphatic rings. The average Bonchev–Trinajstić information content (AvgIpc) is 2.62. The molecule has 0 amide bonds. The van der Waals surface area contributed by atoms with E-state index in [0.29, 0.717) is 17.8 Å². The van der Waals surface area contributed by atoms with Crippen LogP contribution in [0.4, 0.5) is 4.39 Å². The van der Waals surface area contributed by atoms with Crippen LogP contribution in [0.15, 0.2) is 12.7 Å². The van der Waals surface area contributed by atoms with Crippen molar-refractivity contribution in [2.24, 2.45) is 35.5 Å². The van der Waals surface area contributed by atoms with Gasteiger partial charge in [0.1, 0.15) is 0 Å². The van der Waals surface area contributed by atoms with E-state index in [4.69, 9.17) is 16.7 Å². The zero-order chi connectivity index (χ0) is 25.9. The normalized spacial score (nSPS) is 10.5. The molecule has 0 rings (SSSR count). The van der Waals surface area contributed by atoms with E-state index < -0.39 is 0 Å². The van der Waals surface area contributed by atoms with Gasteiger partial charge in [-0.2, -0.15) is 0 Å². The highest BCUT2D eigenvalue weighted by atomic mass is 35.5. The smallest absolute Gasteiger partial charge is 0.0917 e. The molecular weight excluding hydrogens is 395 g/mol. The molecule has 1 N–H and O–H groups in total. The van der Waals surface area contributed by atoms with Gasteiger partial charge in [0.05, 0.1) is 12.8 Å². The van der Waals surface area contributed by atoms with Crippen LogP contribution in [0.3, 0.4) is 0 Å². The van der Waals surface area contributed by atoms with Gasteiger partial charge in [-0.05, 0) is 42.4 Å². The molecule has 0 saturated carbocycles. The van der Waals surface area contributed by atoms with E-state index in [9.17, 15) is 4.39 Å². The van der Waals surface area contributed by atoms with Gasteiger partial charge in [0, 0.05) is 5.88 Å². The van der Waals surface area contributed by atoms with E-state index in [1.807, 2.05) is 33.8 Å². The first-order valence-corrected chi connectivity index (χ1v) is 12.4. The minimum absolute atomic E-state index is 0.148. The molecule has 1 atom stereocenters. The van der Waals surface area contributed by atoms with Crippen molar-refractivity contribution in [3.63, 3.8) is 0 Å². The van der Waals surface area contributed by atoms with Crippen molar-refractivity contribution in [2.45, 2.75) is 116 Å². The van der Waals surface area contributed by atoms with Crippen LogP contribution < -0.4 is 0 Å². The zero-order valence-corrected chi connectivity index (χ0v) is 24.4. The van der Waals surface area contributed by atoms with Crippen molar-refractivity contribution >= 4 is 11.6 Å². The highest BCUT2D eigenvalue weighted by Crippen LogP contribution is 1.96. The summed E-state index contributed by atoms with van der Waals surface area (Å²) in [6.07, 6.45) is 3.07. The van der Waals surface area contributed by atoms with Gasteiger partial charge in [-0.1, -0.05) is 109 Å². The molecule has 3 heteroatoms. The molecule has 0 bridgehead atoms. The lowest BCUT2D eigenvalue weighted by Crippen LogP contribution is -2.07. The first-order chi connectivity index (χ1) is 13.5. The number of hydrogen-bond acceptors (Lipinski definition) is 1. The van der Waals surface area contributed by atoms with Crippen molar-refractivity contribution in [1.82, 2.24) is 0 Å². The van der Waals surface area contributed by atoms with Crippen LogP contribution in [-0.2, 0) is 0 Å². The summed E-state index contributed by atoms with van der Waals surface area (Å²) in [6.45, 7) is 34.4. The number of hydrogen-bond donors (Lipinski definition) is 1. The minimum Gasteiger partial charge on any atom is -0.393 e. The molecule has 0 aliphatic carbocycles. The topological polar surface area (TPSA) is 20.2 Å². The molecule has 0 heterocycles. The molecule has 0 aliphatic heterocycles. The fourth-order valence-corrected chi connectivity index (χ4v) is 0. The predicted octanol–water partition coefficient (Wildman–Crippen LogP) is 10.1. The molecule has 1 nitrogen and oxygen atoms in total. The van der Waals surface area contributed by atoms with Crippen LogP contribution in [0.1, 0.15) is 110 Å². The largest absolute Gasteiger partial charge is 0.393 e. The van der Waals surface area contributed by atoms with Gasteiger partial charge in [-0.15, -0.1) is 18.2 Å². The van der Waals surface area contributed by atoms with Gasteiger partial charge in [-0.3, -0.25) is 4.39 Å². The summed E-state index contributed by atoms with van der Waals surface area (Å²) in [6, 6.07) is 0. The Morgan fingerprint density at radius 2 is 0.933 bits per heavy atom. The molecule has 0 fully saturated rings. The number of rotatable bonds is 5. The highest BCUT2D eigenvalue weighted by molar-refractivity contribution is 6.18. The summed E-state index contributed by atoms with van der Waals surface area (Å²) < 4.78 is 11.1. The molecule has 0 spiro atoms. The standard InChI is InChI=1S/C5H12O.C5H12.C5H10.C4H9Cl.C4H9F.C4H10/c1-4(2)5(3)6;2*1-4-5(2)3;2*1-4(2)3-5;1-4(2)3/h4-6H,1-3H3;5H,4H2,1-3H3;4-5H,1H2,2-3H3;2*4H,3H2,1-2H3;4H,1-3H3. The lowest BCUT2D eigenvalue weighted by Gasteiger charge is -2.04. The Balaban J connectivity index is -0.0000000578. The predicted molar refractivity (Wildman–Crippen MR) is 144 cm³/mol. The third-order valence-electron chi connectivity index (χ3n) is 2.87. The Morgan fingerprint density at radius 1 is 0.767 bits per heavy atom. The molecule has 30 heavy (non-hydrogen) atoms. The summed E-state index contributed by atoms with van der Waals surface area (Å²) in [4.78, 5) is 0. The number of aliphatic hydroxyl groups is 1. The molecular formula is C27H62ClFO. The number of halogens is 2. The second-order valence-corrected chi connectivity index (χ2v) is 10.4. The van der Waals surface area contributed by atoms with Crippen LogP contribution in [-0.4, -0.2) is 23.8 Å². The Hall–Kier alpha value is -0.0800. The first kappa shape index (κ1) is 43.7. The fourth-order valence-electron chi connectivity index (χ4n) is 0. The monoisotopic (exact) mass is 456 g/mol. The summed E-state index contributed by atoms with van der Waals surface area (Å²) >= 11 is 5.34. The quantitative estimate of drug-likeness (QED) is 0.322.